The van der Waals surface area contributed by atoms with E-state index in [9.17, 15) is 9.59 Å². The molecule has 7 heteroatoms. The molecule has 0 saturated heterocycles. The van der Waals surface area contributed by atoms with Crippen LogP contribution in [0.5, 0.6) is 5.75 Å². The van der Waals surface area contributed by atoms with Gasteiger partial charge >= 0.3 is 0 Å². The summed E-state index contributed by atoms with van der Waals surface area (Å²) in [7, 11) is 0. The molecule has 0 fully saturated rings. The maximum absolute atomic E-state index is 12.5. The van der Waals surface area contributed by atoms with Gasteiger partial charge in [0.2, 0.25) is 5.91 Å². The Morgan fingerprint density at radius 2 is 1.97 bits per heavy atom. The Labute approximate surface area is 166 Å². The Hall–Kier alpha value is -4.00. The van der Waals surface area contributed by atoms with Crippen molar-refractivity contribution in [2.45, 2.75) is 13.2 Å². The Balaban J connectivity index is 1.42. The zero-order valence-corrected chi connectivity index (χ0v) is 15.5. The van der Waals surface area contributed by atoms with Crippen molar-refractivity contribution >= 4 is 22.5 Å². The Bertz CT molecular complexity index is 1210. The Kier molecular flexibility index (Phi) is 5.29. The minimum Gasteiger partial charge on any atom is -0.489 e. The molecule has 7 nitrogen and oxygen atoms in total. The van der Waals surface area contributed by atoms with Gasteiger partial charge in [-0.05, 0) is 30.3 Å². The number of hydrogen-bond acceptors (Lipinski definition) is 5. The highest BCUT2D eigenvalue weighted by atomic mass is 16.5. The van der Waals surface area contributed by atoms with E-state index in [2.05, 4.69) is 15.3 Å². The van der Waals surface area contributed by atoms with Crippen LogP contribution in [0.1, 0.15) is 5.56 Å². The average Bonchev–Trinajstić information content (AvgIpc) is 2.75. The Morgan fingerprint density at radius 3 is 2.83 bits per heavy atom. The number of anilines is 1. The van der Waals surface area contributed by atoms with Crippen LogP contribution >= 0.6 is 0 Å². The molecule has 0 radical (unpaired) electrons. The zero-order valence-electron chi connectivity index (χ0n) is 15.5. The van der Waals surface area contributed by atoms with Crippen molar-refractivity contribution in [3.63, 3.8) is 0 Å². The summed E-state index contributed by atoms with van der Waals surface area (Å²) in [5.41, 5.74) is 1.89. The monoisotopic (exact) mass is 386 g/mol. The normalized spacial score (nSPS) is 10.6. The second-order valence-corrected chi connectivity index (χ2v) is 6.42. The molecule has 144 valence electrons. The SMILES string of the molecule is O=C(Cn1cnc2ccccc2c1=O)Nc1cccc(OCc2cccnc2)c1. The van der Waals surface area contributed by atoms with Crippen molar-refractivity contribution in [2.24, 2.45) is 0 Å². The first kappa shape index (κ1) is 18.4. The number of hydrogen-bond donors (Lipinski definition) is 1. The lowest BCUT2D eigenvalue weighted by molar-refractivity contribution is -0.116. The first-order chi connectivity index (χ1) is 14.2. The van der Waals surface area contributed by atoms with Crippen LogP contribution in [0.3, 0.4) is 0 Å². The molecule has 2 aromatic heterocycles. The van der Waals surface area contributed by atoms with Gasteiger partial charge < -0.3 is 10.1 Å². The van der Waals surface area contributed by atoms with E-state index >= 15 is 0 Å². The fraction of sp³-hybridized carbons (Fsp3) is 0.0909. The molecule has 0 spiro atoms. The molecule has 1 N–H and O–H groups in total. The van der Waals surface area contributed by atoms with Crippen LogP contribution in [-0.4, -0.2) is 20.4 Å². The van der Waals surface area contributed by atoms with E-state index in [1.807, 2.05) is 24.3 Å². The number of rotatable bonds is 6. The third kappa shape index (κ3) is 4.47. The summed E-state index contributed by atoms with van der Waals surface area (Å²) in [6.07, 6.45) is 4.83. The maximum atomic E-state index is 12.5. The second-order valence-electron chi connectivity index (χ2n) is 6.42. The summed E-state index contributed by atoms with van der Waals surface area (Å²) in [5.74, 6) is 0.296. The van der Waals surface area contributed by atoms with Crippen LogP contribution in [0.15, 0.2) is 84.2 Å². The van der Waals surface area contributed by atoms with Crippen LogP contribution in [0.4, 0.5) is 5.69 Å². The fourth-order valence-corrected chi connectivity index (χ4v) is 2.89. The topological polar surface area (TPSA) is 86.1 Å². The van der Waals surface area contributed by atoms with E-state index in [0.29, 0.717) is 28.9 Å². The predicted octanol–water partition coefficient (Wildman–Crippen LogP) is 3.01. The average molecular weight is 386 g/mol. The lowest BCUT2D eigenvalue weighted by Crippen LogP contribution is -2.27. The largest absolute Gasteiger partial charge is 0.489 e. The van der Waals surface area contributed by atoms with Gasteiger partial charge in [-0.2, -0.15) is 0 Å². The number of ether oxygens (including phenoxy) is 1. The molecular weight excluding hydrogens is 368 g/mol. The van der Waals surface area contributed by atoms with Gasteiger partial charge in [0, 0.05) is 29.7 Å². The summed E-state index contributed by atoms with van der Waals surface area (Å²) < 4.78 is 7.04. The number of nitrogens with zero attached hydrogens (tertiary/aromatic N) is 3. The van der Waals surface area contributed by atoms with E-state index < -0.39 is 0 Å². The standard InChI is InChI=1S/C22H18N4O3/c27-21(13-26-15-24-20-9-2-1-8-19(20)22(26)28)25-17-6-3-7-18(11-17)29-14-16-5-4-10-23-12-16/h1-12,15H,13-14H2,(H,25,27). The van der Waals surface area contributed by atoms with E-state index in [0.717, 1.165) is 5.56 Å². The molecule has 0 atom stereocenters. The third-order valence-corrected chi connectivity index (χ3v) is 4.29. The molecule has 0 aliphatic heterocycles. The number of aromatic nitrogens is 3. The van der Waals surface area contributed by atoms with E-state index in [1.165, 1.54) is 10.9 Å². The van der Waals surface area contributed by atoms with Gasteiger partial charge in [0.1, 0.15) is 18.9 Å². The predicted molar refractivity (Wildman–Crippen MR) is 110 cm³/mol. The minimum absolute atomic E-state index is 0.128. The first-order valence-corrected chi connectivity index (χ1v) is 9.05. The van der Waals surface area contributed by atoms with Crippen molar-refractivity contribution in [3.05, 3.63) is 95.3 Å². The molecule has 29 heavy (non-hydrogen) atoms. The van der Waals surface area contributed by atoms with Crippen LogP contribution in [0, 0.1) is 0 Å². The van der Waals surface area contributed by atoms with Crippen LogP contribution < -0.4 is 15.6 Å². The molecule has 2 heterocycles. The molecule has 0 unspecified atom stereocenters. The molecule has 1 amide bonds. The van der Waals surface area contributed by atoms with E-state index in [4.69, 9.17) is 4.74 Å². The summed E-state index contributed by atoms with van der Waals surface area (Å²) in [6.45, 7) is 0.251. The number of benzene rings is 2. The molecule has 0 aliphatic rings. The maximum Gasteiger partial charge on any atom is 0.261 e. The quantitative estimate of drug-likeness (QED) is 0.551. The van der Waals surface area contributed by atoms with Gasteiger partial charge in [-0.15, -0.1) is 0 Å². The van der Waals surface area contributed by atoms with Crippen molar-refractivity contribution in [1.29, 1.82) is 0 Å². The molecule has 4 rings (SSSR count). The van der Waals surface area contributed by atoms with Crippen LogP contribution in [0.25, 0.3) is 10.9 Å². The fourth-order valence-electron chi connectivity index (χ4n) is 2.89. The molecular formula is C22H18N4O3. The number of carbonyl (C=O) groups is 1. The van der Waals surface area contributed by atoms with Gasteiger partial charge in [-0.3, -0.25) is 19.1 Å². The van der Waals surface area contributed by atoms with Crippen molar-refractivity contribution in [1.82, 2.24) is 14.5 Å². The molecule has 4 aromatic rings. The number of amides is 1. The molecule has 0 bridgehead atoms. The van der Waals surface area contributed by atoms with Gasteiger partial charge in [-0.25, -0.2) is 4.98 Å². The van der Waals surface area contributed by atoms with Crippen molar-refractivity contribution in [2.75, 3.05) is 5.32 Å². The number of nitrogens with one attached hydrogen (secondary N) is 1. The smallest absolute Gasteiger partial charge is 0.261 e. The summed E-state index contributed by atoms with van der Waals surface area (Å²) in [6, 6.07) is 17.9. The van der Waals surface area contributed by atoms with Crippen molar-refractivity contribution < 1.29 is 9.53 Å². The third-order valence-electron chi connectivity index (χ3n) is 4.29. The van der Waals surface area contributed by atoms with E-state index in [-0.39, 0.29) is 18.0 Å². The Morgan fingerprint density at radius 1 is 1.07 bits per heavy atom. The lowest BCUT2D eigenvalue weighted by Gasteiger charge is -2.10. The summed E-state index contributed by atoms with van der Waals surface area (Å²) in [5, 5.41) is 3.27. The number of para-hydroxylation sites is 1. The lowest BCUT2D eigenvalue weighted by atomic mass is 10.2. The molecule has 0 saturated carbocycles. The summed E-state index contributed by atoms with van der Waals surface area (Å²) in [4.78, 5) is 33.2. The second kappa shape index (κ2) is 8.35. The van der Waals surface area contributed by atoms with E-state index in [1.54, 1.807) is 48.8 Å². The number of pyridine rings is 1. The van der Waals surface area contributed by atoms with Gasteiger partial charge in [0.15, 0.2) is 0 Å². The van der Waals surface area contributed by atoms with Crippen molar-refractivity contribution in [3.8, 4) is 5.75 Å². The summed E-state index contributed by atoms with van der Waals surface area (Å²) >= 11 is 0. The minimum atomic E-state index is -0.325. The first-order valence-electron chi connectivity index (χ1n) is 9.05. The highest BCUT2D eigenvalue weighted by Gasteiger charge is 2.09. The van der Waals surface area contributed by atoms with Gasteiger partial charge in [0.25, 0.3) is 5.56 Å². The van der Waals surface area contributed by atoms with Gasteiger partial charge in [0.05, 0.1) is 17.2 Å². The van der Waals surface area contributed by atoms with Crippen LogP contribution in [-0.2, 0) is 17.9 Å². The zero-order chi connectivity index (χ0) is 20.1. The molecule has 0 aliphatic carbocycles. The molecule has 2 aromatic carbocycles. The van der Waals surface area contributed by atoms with Crippen LogP contribution in [0.2, 0.25) is 0 Å². The highest BCUT2D eigenvalue weighted by Crippen LogP contribution is 2.18. The van der Waals surface area contributed by atoms with Gasteiger partial charge in [-0.1, -0.05) is 24.3 Å². The number of carbonyl (C=O) groups excluding carboxylic acids is 1. The highest BCUT2D eigenvalue weighted by molar-refractivity contribution is 5.91. The number of fused-ring (bicyclic) bond motifs is 1.